The van der Waals surface area contributed by atoms with Crippen LogP contribution in [-0.2, 0) is 6.54 Å². The Morgan fingerprint density at radius 3 is 2.55 bits per heavy atom. The minimum atomic E-state index is -0.0831. The SMILES string of the molecule is CSc1ccc(CNC(=O)c2cccc(C3CCCN(C(=O)Nc4ccccc4)C3)c2)cc1. The lowest BCUT2D eigenvalue weighted by Crippen LogP contribution is -2.41. The molecule has 170 valence electrons. The average molecular weight is 460 g/mol. The molecule has 3 amide bonds. The number of hydrogen-bond acceptors (Lipinski definition) is 3. The van der Waals surface area contributed by atoms with E-state index in [4.69, 9.17) is 0 Å². The van der Waals surface area contributed by atoms with E-state index in [0.29, 0.717) is 18.7 Å². The quantitative estimate of drug-likeness (QED) is 0.462. The molecule has 0 bridgehead atoms. The molecule has 0 saturated carbocycles. The summed E-state index contributed by atoms with van der Waals surface area (Å²) in [5.41, 5.74) is 3.62. The highest BCUT2D eigenvalue weighted by molar-refractivity contribution is 7.98. The number of urea groups is 1. The van der Waals surface area contributed by atoms with Crippen LogP contribution in [0.15, 0.2) is 83.8 Å². The molecule has 1 saturated heterocycles. The van der Waals surface area contributed by atoms with Crippen LogP contribution in [0.3, 0.4) is 0 Å². The summed E-state index contributed by atoms with van der Waals surface area (Å²) in [5.74, 6) is 0.132. The Morgan fingerprint density at radius 1 is 1.00 bits per heavy atom. The molecule has 4 rings (SSSR count). The van der Waals surface area contributed by atoms with Crippen molar-refractivity contribution < 1.29 is 9.59 Å². The van der Waals surface area contributed by atoms with Gasteiger partial charge in [0.1, 0.15) is 0 Å². The highest BCUT2D eigenvalue weighted by Gasteiger charge is 2.25. The molecule has 3 aromatic rings. The number of piperidine rings is 1. The second kappa shape index (κ2) is 11.1. The molecule has 1 fully saturated rings. The van der Waals surface area contributed by atoms with Crippen LogP contribution in [0.4, 0.5) is 10.5 Å². The number of rotatable bonds is 6. The van der Waals surface area contributed by atoms with Crippen LogP contribution in [-0.4, -0.2) is 36.2 Å². The summed E-state index contributed by atoms with van der Waals surface area (Å²) in [6.07, 6.45) is 3.99. The van der Waals surface area contributed by atoms with E-state index in [1.54, 1.807) is 11.8 Å². The highest BCUT2D eigenvalue weighted by atomic mass is 32.2. The van der Waals surface area contributed by atoms with Gasteiger partial charge in [-0.1, -0.05) is 42.5 Å². The van der Waals surface area contributed by atoms with Crippen LogP contribution in [0.2, 0.25) is 0 Å². The Morgan fingerprint density at radius 2 is 1.79 bits per heavy atom. The lowest BCUT2D eigenvalue weighted by Gasteiger charge is -2.33. The summed E-state index contributed by atoms with van der Waals surface area (Å²) in [6.45, 7) is 1.88. The third-order valence-electron chi connectivity index (χ3n) is 5.97. The first-order chi connectivity index (χ1) is 16.1. The fraction of sp³-hybridized carbons (Fsp3) is 0.259. The Balaban J connectivity index is 1.36. The monoisotopic (exact) mass is 459 g/mol. The third-order valence-corrected chi connectivity index (χ3v) is 6.71. The van der Waals surface area contributed by atoms with Gasteiger partial charge in [0.2, 0.25) is 0 Å². The van der Waals surface area contributed by atoms with Crippen molar-refractivity contribution in [1.82, 2.24) is 10.2 Å². The van der Waals surface area contributed by atoms with Crippen LogP contribution >= 0.6 is 11.8 Å². The van der Waals surface area contributed by atoms with Gasteiger partial charge in [0.25, 0.3) is 5.91 Å². The minimum Gasteiger partial charge on any atom is -0.348 e. The van der Waals surface area contributed by atoms with Gasteiger partial charge in [-0.25, -0.2) is 4.79 Å². The third kappa shape index (κ3) is 6.17. The first-order valence-corrected chi connectivity index (χ1v) is 12.5. The molecule has 1 atom stereocenters. The molecular formula is C27H29N3O2S. The van der Waals surface area contributed by atoms with Gasteiger partial charge in [-0.2, -0.15) is 0 Å². The molecule has 0 spiro atoms. The summed E-state index contributed by atoms with van der Waals surface area (Å²) in [6, 6.07) is 25.5. The van der Waals surface area contributed by atoms with Gasteiger partial charge in [-0.05, 0) is 66.6 Å². The zero-order valence-electron chi connectivity index (χ0n) is 18.8. The maximum atomic E-state index is 12.8. The number of benzene rings is 3. The van der Waals surface area contributed by atoms with E-state index in [9.17, 15) is 9.59 Å². The normalized spacial score (nSPS) is 15.7. The number of nitrogens with zero attached hydrogens (tertiary/aromatic N) is 1. The van der Waals surface area contributed by atoms with Crippen LogP contribution < -0.4 is 10.6 Å². The smallest absolute Gasteiger partial charge is 0.321 e. The van der Waals surface area contributed by atoms with Crippen molar-refractivity contribution in [3.8, 4) is 0 Å². The fourth-order valence-corrected chi connectivity index (χ4v) is 4.53. The van der Waals surface area contributed by atoms with Crippen molar-refractivity contribution in [2.75, 3.05) is 24.7 Å². The van der Waals surface area contributed by atoms with E-state index in [1.165, 1.54) is 4.90 Å². The zero-order valence-corrected chi connectivity index (χ0v) is 19.6. The number of nitrogens with one attached hydrogen (secondary N) is 2. The maximum absolute atomic E-state index is 12.8. The number of carbonyl (C=O) groups excluding carboxylic acids is 2. The summed E-state index contributed by atoms with van der Waals surface area (Å²) in [5, 5.41) is 5.99. The Bertz CT molecular complexity index is 1090. The molecule has 1 heterocycles. The van der Waals surface area contributed by atoms with Crippen molar-refractivity contribution in [1.29, 1.82) is 0 Å². The van der Waals surface area contributed by atoms with Crippen molar-refractivity contribution in [3.63, 3.8) is 0 Å². The van der Waals surface area contributed by atoms with E-state index in [-0.39, 0.29) is 17.9 Å². The molecule has 1 unspecified atom stereocenters. The van der Waals surface area contributed by atoms with Crippen LogP contribution in [0, 0.1) is 0 Å². The topological polar surface area (TPSA) is 61.4 Å². The summed E-state index contributed by atoms with van der Waals surface area (Å²) in [7, 11) is 0. The molecule has 0 aliphatic carbocycles. The number of hydrogen-bond donors (Lipinski definition) is 2. The lowest BCUT2D eigenvalue weighted by atomic mass is 9.89. The average Bonchev–Trinajstić information content (AvgIpc) is 2.88. The van der Waals surface area contributed by atoms with Gasteiger partial charge in [0, 0.05) is 41.7 Å². The van der Waals surface area contributed by atoms with Gasteiger partial charge >= 0.3 is 6.03 Å². The largest absolute Gasteiger partial charge is 0.348 e. The summed E-state index contributed by atoms with van der Waals surface area (Å²) >= 11 is 1.70. The number of thioether (sulfide) groups is 1. The second-order valence-corrected chi connectivity index (χ2v) is 9.12. The predicted molar refractivity (Wildman–Crippen MR) is 135 cm³/mol. The Labute approximate surface area is 199 Å². The van der Waals surface area contributed by atoms with Crippen molar-refractivity contribution in [3.05, 3.63) is 95.6 Å². The van der Waals surface area contributed by atoms with Gasteiger partial charge in [0.15, 0.2) is 0 Å². The molecular weight excluding hydrogens is 430 g/mol. The molecule has 1 aliphatic rings. The molecule has 0 radical (unpaired) electrons. The molecule has 33 heavy (non-hydrogen) atoms. The summed E-state index contributed by atoms with van der Waals surface area (Å²) < 4.78 is 0. The van der Waals surface area contributed by atoms with E-state index in [0.717, 1.165) is 36.2 Å². The molecule has 2 N–H and O–H groups in total. The van der Waals surface area contributed by atoms with E-state index < -0.39 is 0 Å². The van der Waals surface area contributed by atoms with E-state index in [1.807, 2.05) is 71.8 Å². The van der Waals surface area contributed by atoms with Crippen LogP contribution in [0.5, 0.6) is 0 Å². The molecule has 1 aliphatic heterocycles. The molecule has 6 heteroatoms. The minimum absolute atomic E-state index is 0.0766. The Hall–Kier alpha value is -3.25. The number of carbonyl (C=O) groups is 2. The van der Waals surface area contributed by atoms with Gasteiger partial charge < -0.3 is 15.5 Å². The van der Waals surface area contributed by atoms with Crippen LogP contribution in [0.25, 0.3) is 0 Å². The van der Waals surface area contributed by atoms with Gasteiger partial charge in [-0.3, -0.25) is 4.79 Å². The first kappa shape index (κ1) is 22.9. The summed E-state index contributed by atoms with van der Waals surface area (Å²) in [4.78, 5) is 28.6. The zero-order chi connectivity index (χ0) is 23.0. The fourth-order valence-electron chi connectivity index (χ4n) is 4.12. The van der Waals surface area contributed by atoms with Gasteiger partial charge in [-0.15, -0.1) is 11.8 Å². The van der Waals surface area contributed by atoms with Crippen molar-refractivity contribution in [2.45, 2.75) is 30.2 Å². The predicted octanol–water partition coefficient (Wildman–Crippen LogP) is 5.75. The van der Waals surface area contributed by atoms with Gasteiger partial charge in [0.05, 0.1) is 0 Å². The van der Waals surface area contributed by atoms with Crippen LogP contribution in [0.1, 0.15) is 40.2 Å². The molecule has 3 aromatic carbocycles. The standard InChI is InChI=1S/C27H29N3O2S/c1-33-25-14-12-20(13-15-25)18-28-26(31)22-8-5-7-21(17-22)23-9-6-16-30(19-23)27(32)29-24-10-3-2-4-11-24/h2-5,7-8,10-15,17,23H,6,9,16,18-19H2,1H3,(H,28,31)(H,29,32). The highest BCUT2D eigenvalue weighted by Crippen LogP contribution is 2.28. The Kier molecular flexibility index (Phi) is 7.68. The number of amides is 3. The number of likely N-dealkylation sites (tertiary alicyclic amines) is 1. The lowest BCUT2D eigenvalue weighted by molar-refractivity contribution is 0.0950. The van der Waals surface area contributed by atoms with E-state index >= 15 is 0 Å². The number of para-hydroxylation sites is 1. The molecule has 5 nitrogen and oxygen atoms in total. The maximum Gasteiger partial charge on any atom is 0.321 e. The second-order valence-electron chi connectivity index (χ2n) is 8.24. The van der Waals surface area contributed by atoms with E-state index in [2.05, 4.69) is 28.8 Å². The van der Waals surface area contributed by atoms with Crippen molar-refractivity contribution in [2.24, 2.45) is 0 Å². The number of anilines is 1. The molecule has 0 aromatic heterocycles. The first-order valence-electron chi connectivity index (χ1n) is 11.2. The van der Waals surface area contributed by atoms with Crippen molar-refractivity contribution >= 4 is 29.4 Å².